The van der Waals surface area contributed by atoms with E-state index < -0.39 is 0 Å². The lowest BCUT2D eigenvalue weighted by Gasteiger charge is -2.23. The lowest BCUT2D eigenvalue weighted by Crippen LogP contribution is -2.41. The fourth-order valence-corrected chi connectivity index (χ4v) is 2.32. The Bertz CT molecular complexity index is 431. The Morgan fingerprint density at radius 1 is 1.35 bits per heavy atom. The minimum Gasteiger partial charge on any atom is -0.491 e. The normalized spacial score (nSPS) is 18.9. The van der Waals surface area contributed by atoms with Gasteiger partial charge in [0, 0.05) is 18.2 Å². The highest BCUT2D eigenvalue weighted by molar-refractivity contribution is 7.80. The Labute approximate surface area is 107 Å². The van der Waals surface area contributed by atoms with Crippen molar-refractivity contribution in [3.05, 3.63) is 29.8 Å². The topological polar surface area (TPSA) is 24.5 Å². The van der Waals surface area contributed by atoms with Gasteiger partial charge in [0.05, 0.1) is 6.54 Å². The smallest absolute Gasteiger partial charge is 0.169 e. The Hall–Kier alpha value is -1.29. The number of rotatable bonds is 1. The van der Waals surface area contributed by atoms with Crippen molar-refractivity contribution >= 4 is 17.3 Å². The zero-order valence-corrected chi connectivity index (χ0v) is 10.5. The first-order chi connectivity index (χ1) is 8.33. The van der Waals surface area contributed by atoms with Gasteiger partial charge in [-0.05, 0) is 31.1 Å². The molecular formula is C13H16N2OS. The van der Waals surface area contributed by atoms with Crippen LogP contribution in [0, 0.1) is 0 Å². The Kier molecular flexibility index (Phi) is 2.89. The number of hydrogen-bond acceptors (Lipinski definition) is 2. The fourth-order valence-electron chi connectivity index (χ4n) is 1.99. The third-order valence-electron chi connectivity index (χ3n) is 3.14. The molecule has 0 atom stereocenters. The molecule has 0 bridgehead atoms. The molecule has 0 saturated heterocycles. The number of thiocarbonyl (C=S) groups is 1. The van der Waals surface area contributed by atoms with Gasteiger partial charge in [-0.25, -0.2) is 0 Å². The summed E-state index contributed by atoms with van der Waals surface area (Å²) < 4.78 is 5.72. The predicted octanol–water partition coefficient (Wildman–Crippen LogP) is 1.92. The molecule has 1 aliphatic carbocycles. The summed E-state index contributed by atoms with van der Waals surface area (Å²) in [5, 5.41) is 4.25. The molecule has 90 valence electrons. The third kappa shape index (κ3) is 2.52. The van der Waals surface area contributed by atoms with Gasteiger partial charge >= 0.3 is 0 Å². The molecule has 0 amide bonds. The molecule has 0 unspecified atom stereocenters. The molecule has 1 fully saturated rings. The van der Waals surface area contributed by atoms with Gasteiger partial charge in [0.2, 0.25) is 0 Å². The Morgan fingerprint density at radius 3 is 3.00 bits per heavy atom. The van der Waals surface area contributed by atoms with Crippen LogP contribution in [0.5, 0.6) is 5.75 Å². The highest BCUT2D eigenvalue weighted by Crippen LogP contribution is 2.23. The van der Waals surface area contributed by atoms with E-state index in [1.807, 2.05) is 18.2 Å². The number of ether oxygens (including phenoxy) is 1. The van der Waals surface area contributed by atoms with Crippen LogP contribution in [-0.2, 0) is 6.54 Å². The minimum atomic E-state index is 0.613. The lowest BCUT2D eigenvalue weighted by molar-refractivity contribution is 0.288. The molecule has 3 nitrogen and oxygen atoms in total. The largest absolute Gasteiger partial charge is 0.491 e. The van der Waals surface area contributed by atoms with Crippen molar-refractivity contribution < 1.29 is 4.74 Å². The summed E-state index contributed by atoms with van der Waals surface area (Å²) in [6.07, 6.45) is 2.50. The van der Waals surface area contributed by atoms with Crippen LogP contribution in [0.4, 0.5) is 0 Å². The van der Waals surface area contributed by atoms with Crippen molar-refractivity contribution in [2.45, 2.75) is 25.4 Å². The van der Waals surface area contributed by atoms with Crippen LogP contribution in [-0.4, -0.2) is 29.2 Å². The zero-order chi connectivity index (χ0) is 11.7. The summed E-state index contributed by atoms with van der Waals surface area (Å²) >= 11 is 5.44. The van der Waals surface area contributed by atoms with Crippen LogP contribution >= 0.6 is 12.2 Å². The molecule has 1 aliphatic heterocycles. The molecule has 0 radical (unpaired) electrons. The second-order valence-corrected chi connectivity index (χ2v) is 4.99. The quantitative estimate of drug-likeness (QED) is 0.767. The molecule has 17 heavy (non-hydrogen) atoms. The number of benzene rings is 1. The van der Waals surface area contributed by atoms with Crippen molar-refractivity contribution in [1.29, 1.82) is 0 Å². The molecule has 1 heterocycles. The summed E-state index contributed by atoms with van der Waals surface area (Å²) in [5.41, 5.74) is 1.21. The summed E-state index contributed by atoms with van der Waals surface area (Å²) in [4.78, 5) is 2.19. The molecule has 0 aromatic heterocycles. The van der Waals surface area contributed by atoms with Gasteiger partial charge in [-0.3, -0.25) is 0 Å². The van der Waals surface area contributed by atoms with E-state index in [1.54, 1.807) is 0 Å². The first-order valence-electron chi connectivity index (χ1n) is 6.09. The molecular weight excluding hydrogens is 232 g/mol. The first kappa shape index (κ1) is 10.8. The molecule has 4 heteroatoms. The van der Waals surface area contributed by atoms with Gasteiger partial charge in [-0.15, -0.1) is 0 Å². The van der Waals surface area contributed by atoms with Crippen LogP contribution in [0.3, 0.4) is 0 Å². The number of nitrogens with zero attached hydrogens (tertiary/aromatic N) is 1. The SMILES string of the molecule is S=C(NC1CC1)N1CCOc2ccccc2C1. The molecule has 1 aromatic carbocycles. The van der Waals surface area contributed by atoms with Crippen LogP contribution < -0.4 is 10.1 Å². The average Bonchev–Trinajstić information content (AvgIpc) is 3.13. The van der Waals surface area contributed by atoms with Gasteiger partial charge in [-0.1, -0.05) is 18.2 Å². The van der Waals surface area contributed by atoms with Crippen molar-refractivity contribution in [3.8, 4) is 5.75 Å². The van der Waals surface area contributed by atoms with Crippen molar-refractivity contribution in [2.24, 2.45) is 0 Å². The molecule has 3 rings (SSSR count). The van der Waals surface area contributed by atoms with Crippen LogP contribution in [0.25, 0.3) is 0 Å². The second-order valence-electron chi connectivity index (χ2n) is 4.60. The standard InChI is InChI=1S/C13H16N2OS/c17-13(14-11-5-6-11)15-7-8-16-12-4-2-1-3-10(12)9-15/h1-4,11H,5-9H2,(H,14,17). The van der Waals surface area contributed by atoms with Gasteiger partial charge < -0.3 is 15.0 Å². The first-order valence-corrected chi connectivity index (χ1v) is 6.50. The number of nitrogens with one attached hydrogen (secondary N) is 1. The summed E-state index contributed by atoms with van der Waals surface area (Å²) in [6.45, 7) is 2.39. The van der Waals surface area contributed by atoms with E-state index in [-0.39, 0.29) is 0 Å². The van der Waals surface area contributed by atoms with Crippen molar-refractivity contribution in [1.82, 2.24) is 10.2 Å². The van der Waals surface area contributed by atoms with Gasteiger partial charge in [-0.2, -0.15) is 0 Å². The van der Waals surface area contributed by atoms with Crippen molar-refractivity contribution in [2.75, 3.05) is 13.2 Å². The van der Waals surface area contributed by atoms with Gasteiger partial charge in [0.15, 0.2) is 5.11 Å². The third-order valence-corrected chi connectivity index (χ3v) is 3.52. The van der Waals surface area contributed by atoms with E-state index in [0.717, 1.165) is 24.0 Å². The van der Waals surface area contributed by atoms with E-state index >= 15 is 0 Å². The molecule has 1 N–H and O–H groups in total. The number of fused-ring (bicyclic) bond motifs is 1. The molecule has 0 spiro atoms. The lowest BCUT2D eigenvalue weighted by atomic mass is 10.2. The Morgan fingerprint density at radius 2 is 2.18 bits per heavy atom. The predicted molar refractivity (Wildman–Crippen MR) is 71.1 cm³/mol. The van der Waals surface area contributed by atoms with Crippen LogP contribution in [0.1, 0.15) is 18.4 Å². The van der Waals surface area contributed by atoms with Crippen molar-refractivity contribution in [3.63, 3.8) is 0 Å². The van der Waals surface area contributed by atoms with Gasteiger partial charge in [0.25, 0.3) is 0 Å². The maximum absolute atomic E-state index is 5.72. The number of hydrogen-bond donors (Lipinski definition) is 1. The van der Waals surface area contributed by atoms with E-state index in [0.29, 0.717) is 12.6 Å². The highest BCUT2D eigenvalue weighted by atomic mass is 32.1. The fraction of sp³-hybridized carbons (Fsp3) is 0.462. The number of para-hydroxylation sites is 1. The molecule has 2 aliphatic rings. The summed E-state index contributed by atoms with van der Waals surface area (Å²) in [6, 6.07) is 8.80. The maximum Gasteiger partial charge on any atom is 0.169 e. The molecule has 1 aromatic rings. The second kappa shape index (κ2) is 4.53. The van der Waals surface area contributed by atoms with Gasteiger partial charge in [0.1, 0.15) is 12.4 Å². The van der Waals surface area contributed by atoms with E-state index in [9.17, 15) is 0 Å². The van der Waals surface area contributed by atoms with E-state index in [4.69, 9.17) is 17.0 Å². The Balaban J connectivity index is 1.72. The van der Waals surface area contributed by atoms with Crippen LogP contribution in [0.2, 0.25) is 0 Å². The average molecular weight is 248 g/mol. The maximum atomic E-state index is 5.72. The zero-order valence-electron chi connectivity index (χ0n) is 9.69. The summed E-state index contributed by atoms with van der Waals surface area (Å²) in [7, 11) is 0. The monoisotopic (exact) mass is 248 g/mol. The van der Waals surface area contributed by atoms with E-state index in [1.165, 1.54) is 18.4 Å². The molecule has 1 saturated carbocycles. The summed E-state index contributed by atoms with van der Waals surface area (Å²) in [5.74, 6) is 0.990. The van der Waals surface area contributed by atoms with E-state index in [2.05, 4.69) is 16.3 Å². The highest BCUT2D eigenvalue weighted by Gasteiger charge is 2.25. The minimum absolute atomic E-state index is 0.613. The van der Waals surface area contributed by atoms with Crippen LogP contribution in [0.15, 0.2) is 24.3 Å².